The number of likely N-dealkylation sites (N-methyl/N-ethyl adjacent to an activating group) is 1. The monoisotopic (exact) mass is 532 g/mol. The number of nitrogen functional groups attached to an aromatic ring is 1. The number of pyridine rings is 1. The third-order valence-electron chi connectivity index (χ3n) is 7.14. The van der Waals surface area contributed by atoms with Gasteiger partial charge in [-0.1, -0.05) is 29.8 Å². The number of H-pyrrole nitrogens is 1. The Bertz CT molecular complexity index is 1460. The van der Waals surface area contributed by atoms with Gasteiger partial charge in [-0.2, -0.15) is 0 Å². The third-order valence-corrected chi connectivity index (χ3v) is 7.46. The van der Waals surface area contributed by atoms with Gasteiger partial charge in [-0.05, 0) is 43.9 Å². The predicted molar refractivity (Wildman–Crippen MR) is 154 cm³/mol. The molecule has 0 bridgehead atoms. The minimum atomic E-state index is -0.0936. The fraction of sp³-hybridized carbons (Fsp3) is 0.310. The largest absolute Gasteiger partial charge is 0.496 e. The van der Waals surface area contributed by atoms with E-state index in [1.54, 1.807) is 19.4 Å². The molecule has 1 saturated heterocycles. The van der Waals surface area contributed by atoms with E-state index in [2.05, 4.69) is 39.9 Å². The van der Waals surface area contributed by atoms with Gasteiger partial charge in [-0.25, -0.2) is 4.98 Å². The van der Waals surface area contributed by atoms with E-state index < -0.39 is 0 Å². The summed E-state index contributed by atoms with van der Waals surface area (Å²) in [5.41, 5.74) is 11.4. The molecule has 3 N–H and O–H groups in total. The highest BCUT2D eigenvalue weighted by molar-refractivity contribution is 6.34. The minimum Gasteiger partial charge on any atom is -0.496 e. The molecule has 2 aromatic carbocycles. The molecule has 38 heavy (non-hydrogen) atoms. The first-order valence-electron chi connectivity index (χ1n) is 12.7. The second-order valence-electron chi connectivity index (χ2n) is 9.88. The van der Waals surface area contributed by atoms with Gasteiger partial charge >= 0.3 is 0 Å². The Morgan fingerprint density at radius 2 is 1.87 bits per heavy atom. The molecule has 0 aliphatic carbocycles. The summed E-state index contributed by atoms with van der Waals surface area (Å²) in [6, 6.07) is 13.6. The number of carbonyl (C=O) groups excluding carboxylic acids is 1. The number of anilines is 1. The molecule has 1 fully saturated rings. The van der Waals surface area contributed by atoms with E-state index in [4.69, 9.17) is 22.1 Å². The number of halogens is 1. The first kappa shape index (κ1) is 26.0. The zero-order valence-corrected chi connectivity index (χ0v) is 22.8. The van der Waals surface area contributed by atoms with Crippen LogP contribution in [0.15, 0.2) is 54.9 Å². The summed E-state index contributed by atoms with van der Waals surface area (Å²) in [5.74, 6) is 0.688. The molecule has 0 unspecified atom stereocenters. The maximum atomic E-state index is 13.5. The van der Waals surface area contributed by atoms with Crippen molar-refractivity contribution in [2.24, 2.45) is 0 Å². The van der Waals surface area contributed by atoms with Crippen LogP contribution in [0.2, 0.25) is 5.02 Å². The van der Waals surface area contributed by atoms with Crippen molar-refractivity contribution in [2.45, 2.75) is 0 Å². The van der Waals surface area contributed by atoms with E-state index in [-0.39, 0.29) is 5.91 Å². The molecule has 0 atom stereocenters. The van der Waals surface area contributed by atoms with Gasteiger partial charge in [0.05, 0.1) is 23.4 Å². The number of fused-ring (bicyclic) bond motifs is 1. The normalized spacial score (nSPS) is 14.4. The summed E-state index contributed by atoms with van der Waals surface area (Å²) in [6.07, 6.45) is 3.72. The molecule has 0 radical (unpaired) electrons. The number of rotatable bonds is 7. The van der Waals surface area contributed by atoms with Crippen LogP contribution in [-0.4, -0.2) is 91.0 Å². The Hall–Kier alpha value is -3.59. The quantitative estimate of drug-likeness (QED) is 0.341. The first-order chi connectivity index (χ1) is 18.4. The standard InChI is InChI=1S/C29H33ClN6O2/c1-34(2)8-9-35-10-12-36(13-11-35)29(37)23-14-19(16-25(30)27(23)31)20-15-22-24(18-33-28(22)32-17-20)21-6-4-5-7-26(21)38-3/h4-7,14-18H,8-13,31H2,1-3H3,(H,32,33). The van der Waals surface area contributed by atoms with Crippen molar-refractivity contribution < 1.29 is 9.53 Å². The number of carbonyl (C=O) groups is 1. The minimum absolute atomic E-state index is 0.0936. The first-order valence-corrected chi connectivity index (χ1v) is 13.1. The van der Waals surface area contributed by atoms with E-state index >= 15 is 0 Å². The molecule has 9 heteroatoms. The molecule has 0 spiro atoms. The summed E-state index contributed by atoms with van der Waals surface area (Å²) in [7, 11) is 5.81. The number of para-hydroxylation sites is 1. The number of nitrogens with two attached hydrogens (primary N) is 1. The molecular formula is C29H33ClN6O2. The highest BCUT2D eigenvalue weighted by Crippen LogP contribution is 2.37. The number of hydrogen-bond donors (Lipinski definition) is 2. The lowest BCUT2D eigenvalue weighted by Crippen LogP contribution is -2.50. The van der Waals surface area contributed by atoms with Crippen molar-refractivity contribution in [3.05, 3.63) is 65.4 Å². The van der Waals surface area contributed by atoms with E-state index in [1.807, 2.05) is 41.4 Å². The van der Waals surface area contributed by atoms with Crippen molar-refractivity contribution in [3.63, 3.8) is 0 Å². The maximum Gasteiger partial charge on any atom is 0.256 e. The van der Waals surface area contributed by atoms with Crippen molar-refractivity contribution in [1.29, 1.82) is 0 Å². The predicted octanol–water partition coefficient (Wildman–Crippen LogP) is 4.46. The SMILES string of the molecule is COc1ccccc1-c1c[nH]c2ncc(-c3cc(Cl)c(N)c(C(=O)N4CCN(CCN(C)C)CC4)c3)cc12. The molecule has 5 rings (SSSR count). The number of nitrogens with one attached hydrogen (secondary N) is 1. The van der Waals surface area contributed by atoms with Crippen LogP contribution in [0.4, 0.5) is 5.69 Å². The Balaban J connectivity index is 1.44. The van der Waals surface area contributed by atoms with Crippen LogP contribution in [0, 0.1) is 0 Å². The van der Waals surface area contributed by atoms with E-state index in [9.17, 15) is 4.79 Å². The Kier molecular flexibility index (Phi) is 7.56. The van der Waals surface area contributed by atoms with Gasteiger partial charge in [0.15, 0.2) is 0 Å². The fourth-order valence-corrected chi connectivity index (χ4v) is 5.12. The number of amides is 1. The number of hydrogen-bond acceptors (Lipinski definition) is 6. The lowest BCUT2D eigenvalue weighted by Gasteiger charge is -2.35. The van der Waals surface area contributed by atoms with Crippen LogP contribution in [-0.2, 0) is 0 Å². The number of aromatic amines is 1. The number of nitrogens with zero attached hydrogens (tertiary/aromatic N) is 4. The molecule has 4 aromatic rings. The van der Waals surface area contributed by atoms with E-state index in [0.29, 0.717) is 29.4 Å². The van der Waals surface area contributed by atoms with E-state index in [0.717, 1.165) is 65.2 Å². The molecule has 1 aliphatic heterocycles. The highest BCUT2D eigenvalue weighted by atomic mass is 35.5. The smallest absolute Gasteiger partial charge is 0.256 e. The van der Waals surface area contributed by atoms with Gasteiger partial charge in [-0.3, -0.25) is 9.69 Å². The second kappa shape index (κ2) is 11.0. The Labute approximate surface area is 227 Å². The highest BCUT2D eigenvalue weighted by Gasteiger charge is 2.25. The summed E-state index contributed by atoms with van der Waals surface area (Å²) >= 11 is 6.56. The Morgan fingerprint density at radius 1 is 1.11 bits per heavy atom. The lowest BCUT2D eigenvalue weighted by molar-refractivity contribution is 0.0631. The van der Waals surface area contributed by atoms with Crippen molar-refractivity contribution in [1.82, 2.24) is 24.7 Å². The van der Waals surface area contributed by atoms with Gasteiger partial charge in [0.25, 0.3) is 5.91 Å². The summed E-state index contributed by atoms with van der Waals surface area (Å²) in [6.45, 7) is 4.99. The number of ether oxygens (including phenoxy) is 1. The van der Waals surface area contributed by atoms with Crippen LogP contribution in [0.3, 0.4) is 0 Å². The molecular weight excluding hydrogens is 500 g/mol. The molecule has 1 aliphatic rings. The number of methoxy groups -OCH3 is 1. The number of aromatic nitrogens is 2. The summed E-state index contributed by atoms with van der Waals surface area (Å²) < 4.78 is 5.58. The van der Waals surface area contributed by atoms with Crippen molar-refractivity contribution in [2.75, 3.05) is 66.2 Å². The zero-order valence-electron chi connectivity index (χ0n) is 22.0. The number of piperazine rings is 1. The molecule has 1 amide bonds. The van der Waals surface area contributed by atoms with Crippen LogP contribution in [0.25, 0.3) is 33.3 Å². The van der Waals surface area contributed by atoms with Gasteiger partial charge in [0.2, 0.25) is 0 Å². The van der Waals surface area contributed by atoms with Crippen LogP contribution in [0.1, 0.15) is 10.4 Å². The van der Waals surface area contributed by atoms with Gasteiger partial charge < -0.3 is 25.3 Å². The van der Waals surface area contributed by atoms with Crippen LogP contribution >= 0.6 is 11.6 Å². The maximum absolute atomic E-state index is 13.5. The molecule has 3 heterocycles. The molecule has 0 saturated carbocycles. The average molecular weight is 533 g/mol. The topological polar surface area (TPSA) is 90.7 Å². The van der Waals surface area contributed by atoms with Crippen LogP contribution < -0.4 is 10.5 Å². The molecule has 8 nitrogen and oxygen atoms in total. The molecule has 2 aromatic heterocycles. The van der Waals surface area contributed by atoms with E-state index in [1.165, 1.54) is 0 Å². The van der Waals surface area contributed by atoms with Gasteiger partial charge in [0.1, 0.15) is 11.4 Å². The van der Waals surface area contributed by atoms with Gasteiger partial charge in [0, 0.05) is 73.7 Å². The lowest BCUT2D eigenvalue weighted by atomic mass is 9.99. The van der Waals surface area contributed by atoms with Gasteiger partial charge in [-0.15, -0.1) is 0 Å². The zero-order chi connectivity index (χ0) is 26.8. The Morgan fingerprint density at radius 3 is 2.61 bits per heavy atom. The van der Waals surface area contributed by atoms with Crippen molar-refractivity contribution in [3.8, 4) is 28.0 Å². The second-order valence-corrected chi connectivity index (χ2v) is 10.3. The average Bonchev–Trinajstić information content (AvgIpc) is 3.36. The number of benzene rings is 2. The van der Waals surface area contributed by atoms with Crippen molar-refractivity contribution >= 4 is 34.2 Å². The molecule has 198 valence electrons. The fourth-order valence-electron chi connectivity index (χ4n) is 4.90. The summed E-state index contributed by atoms with van der Waals surface area (Å²) in [4.78, 5) is 27.8. The third kappa shape index (κ3) is 5.20. The van der Waals surface area contributed by atoms with Crippen LogP contribution in [0.5, 0.6) is 5.75 Å². The summed E-state index contributed by atoms with van der Waals surface area (Å²) in [5, 5.41) is 1.30.